The Hall–Kier alpha value is -1.36. The summed E-state index contributed by atoms with van der Waals surface area (Å²) in [5, 5.41) is 9.85. The van der Waals surface area contributed by atoms with E-state index in [9.17, 15) is 9.59 Å². The van der Waals surface area contributed by atoms with E-state index in [0.29, 0.717) is 13.0 Å². The SMILES string of the molecule is C=CC(=O)N(CCCCCCCCCCCCC(=O)O)OC. The van der Waals surface area contributed by atoms with Crippen LogP contribution in [0.3, 0.4) is 0 Å². The van der Waals surface area contributed by atoms with Crippen LogP contribution in [0.1, 0.15) is 70.6 Å². The number of nitrogens with zero attached hydrogens (tertiary/aromatic N) is 1. The molecule has 1 N–H and O–H groups in total. The summed E-state index contributed by atoms with van der Waals surface area (Å²) in [5.74, 6) is -0.882. The van der Waals surface area contributed by atoms with E-state index in [1.807, 2.05) is 0 Å². The van der Waals surface area contributed by atoms with Crippen LogP contribution in [-0.2, 0) is 14.4 Å². The molecule has 0 aromatic heterocycles. The Morgan fingerprint density at radius 3 is 1.82 bits per heavy atom. The van der Waals surface area contributed by atoms with E-state index in [4.69, 9.17) is 9.94 Å². The Morgan fingerprint density at radius 1 is 0.955 bits per heavy atom. The minimum atomic E-state index is -0.693. The maximum absolute atomic E-state index is 11.3. The van der Waals surface area contributed by atoms with Crippen molar-refractivity contribution in [2.75, 3.05) is 13.7 Å². The van der Waals surface area contributed by atoms with E-state index in [2.05, 4.69) is 6.58 Å². The number of hydrogen-bond acceptors (Lipinski definition) is 3. The lowest BCUT2D eigenvalue weighted by Gasteiger charge is -2.17. The third-order valence-electron chi connectivity index (χ3n) is 3.64. The second-order valence-electron chi connectivity index (χ2n) is 5.51. The van der Waals surface area contributed by atoms with Crippen LogP contribution in [0.2, 0.25) is 0 Å². The normalized spacial score (nSPS) is 10.4. The molecule has 5 nitrogen and oxygen atoms in total. The van der Waals surface area contributed by atoms with Crippen LogP contribution in [0.4, 0.5) is 0 Å². The van der Waals surface area contributed by atoms with Crippen LogP contribution in [-0.4, -0.2) is 35.7 Å². The molecular weight excluding hydrogens is 282 g/mol. The smallest absolute Gasteiger partial charge is 0.303 e. The minimum Gasteiger partial charge on any atom is -0.481 e. The van der Waals surface area contributed by atoms with E-state index >= 15 is 0 Å². The molecule has 0 rings (SSSR count). The van der Waals surface area contributed by atoms with Crippen molar-refractivity contribution in [2.24, 2.45) is 0 Å². The summed E-state index contributed by atoms with van der Waals surface area (Å²) in [6.07, 6.45) is 12.6. The van der Waals surface area contributed by atoms with E-state index in [1.54, 1.807) is 0 Å². The molecule has 1 amide bonds. The van der Waals surface area contributed by atoms with Crippen molar-refractivity contribution in [3.63, 3.8) is 0 Å². The van der Waals surface area contributed by atoms with Crippen molar-refractivity contribution in [3.8, 4) is 0 Å². The van der Waals surface area contributed by atoms with E-state index in [-0.39, 0.29) is 5.91 Å². The Balaban J connectivity index is 3.28. The van der Waals surface area contributed by atoms with Gasteiger partial charge in [0.25, 0.3) is 5.91 Å². The lowest BCUT2D eigenvalue weighted by molar-refractivity contribution is -0.170. The second kappa shape index (κ2) is 14.6. The largest absolute Gasteiger partial charge is 0.481 e. The fraction of sp³-hybridized carbons (Fsp3) is 0.765. The average Bonchev–Trinajstić information content (AvgIpc) is 2.51. The van der Waals surface area contributed by atoms with Gasteiger partial charge >= 0.3 is 5.97 Å². The number of hydroxylamine groups is 2. The summed E-state index contributed by atoms with van der Waals surface area (Å²) >= 11 is 0. The molecule has 0 aromatic carbocycles. The molecular formula is C17H31NO4. The lowest BCUT2D eigenvalue weighted by atomic mass is 10.1. The summed E-state index contributed by atoms with van der Waals surface area (Å²) in [5.41, 5.74) is 0. The first kappa shape index (κ1) is 20.6. The molecule has 0 aliphatic carbocycles. The molecule has 5 heteroatoms. The first-order valence-electron chi connectivity index (χ1n) is 8.31. The van der Waals surface area contributed by atoms with Gasteiger partial charge in [0.05, 0.1) is 7.11 Å². The number of carboxylic acid groups (broad SMARTS) is 1. The summed E-state index contributed by atoms with van der Waals surface area (Å²) < 4.78 is 0. The first-order valence-corrected chi connectivity index (χ1v) is 8.31. The summed E-state index contributed by atoms with van der Waals surface area (Å²) in [6.45, 7) is 4.06. The highest BCUT2D eigenvalue weighted by Gasteiger charge is 2.07. The number of unbranched alkanes of at least 4 members (excludes halogenated alkanes) is 9. The van der Waals surface area contributed by atoms with E-state index in [1.165, 1.54) is 50.4 Å². The van der Waals surface area contributed by atoms with E-state index in [0.717, 1.165) is 32.1 Å². The van der Waals surface area contributed by atoms with Gasteiger partial charge in [-0.3, -0.25) is 14.4 Å². The Labute approximate surface area is 134 Å². The molecule has 0 atom stereocenters. The highest BCUT2D eigenvalue weighted by atomic mass is 16.7. The van der Waals surface area contributed by atoms with Gasteiger partial charge < -0.3 is 5.11 Å². The Morgan fingerprint density at radius 2 is 1.41 bits per heavy atom. The summed E-state index contributed by atoms with van der Waals surface area (Å²) in [6, 6.07) is 0. The number of aliphatic carboxylic acids is 1. The van der Waals surface area contributed by atoms with Crippen LogP contribution in [0.15, 0.2) is 12.7 Å². The molecule has 0 spiro atoms. The molecule has 0 heterocycles. The number of rotatable bonds is 15. The molecule has 0 aliphatic heterocycles. The zero-order valence-electron chi connectivity index (χ0n) is 13.9. The molecule has 0 unspecified atom stereocenters. The molecule has 22 heavy (non-hydrogen) atoms. The number of hydrogen-bond donors (Lipinski definition) is 1. The number of carbonyl (C=O) groups is 2. The van der Waals surface area contributed by atoms with Crippen LogP contribution in [0.25, 0.3) is 0 Å². The van der Waals surface area contributed by atoms with Crippen molar-refractivity contribution in [2.45, 2.75) is 70.6 Å². The molecule has 0 saturated carbocycles. The van der Waals surface area contributed by atoms with Crippen molar-refractivity contribution >= 4 is 11.9 Å². The van der Waals surface area contributed by atoms with Gasteiger partial charge in [0.2, 0.25) is 0 Å². The second-order valence-corrected chi connectivity index (χ2v) is 5.51. The topological polar surface area (TPSA) is 66.8 Å². The zero-order valence-corrected chi connectivity index (χ0v) is 13.9. The Bertz CT molecular complexity index is 318. The predicted molar refractivity (Wildman–Crippen MR) is 87.3 cm³/mol. The Kier molecular flexibility index (Phi) is 13.7. The monoisotopic (exact) mass is 313 g/mol. The van der Waals surface area contributed by atoms with Gasteiger partial charge in [0.1, 0.15) is 0 Å². The maximum Gasteiger partial charge on any atom is 0.303 e. The number of carbonyl (C=O) groups excluding carboxylic acids is 1. The third kappa shape index (κ3) is 12.4. The van der Waals surface area contributed by atoms with Gasteiger partial charge in [-0.05, 0) is 18.9 Å². The van der Waals surface area contributed by atoms with Crippen LogP contribution in [0, 0.1) is 0 Å². The van der Waals surface area contributed by atoms with Crippen molar-refractivity contribution in [1.29, 1.82) is 0 Å². The summed E-state index contributed by atoms with van der Waals surface area (Å²) in [4.78, 5) is 26.7. The molecule has 0 saturated heterocycles. The molecule has 0 bridgehead atoms. The quantitative estimate of drug-likeness (QED) is 0.282. The zero-order chi connectivity index (χ0) is 16.6. The molecule has 128 valence electrons. The average molecular weight is 313 g/mol. The van der Waals surface area contributed by atoms with Gasteiger partial charge in [0.15, 0.2) is 0 Å². The third-order valence-corrected chi connectivity index (χ3v) is 3.64. The predicted octanol–water partition coefficient (Wildman–Crippen LogP) is 3.94. The van der Waals surface area contributed by atoms with Gasteiger partial charge in [-0.2, -0.15) is 0 Å². The molecule has 0 aromatic rings. The highest BCUT2D eigenvalue weighted by molar-refractivity contribution is 5.86. The van der Waals surface area contributed by atoms with Gasteiger partial charge in [0, 0.05) is 13.0 Å². The number of amides is 1. The van der Waals surface area contributed by atoms with Gasteiger partial charge in [-0.25, -0.2) is 5.06 Å². The lowest BCUT2D eigenvalue weighted by Crippen LogP contribution is -2.29. The van der Waals surface area contributed by atoms with Crippen molar-refractivity contribution in [1.82, 2.24) is 5.06 Å². The van der Waals surface area contributed by atoms with Gasteiger partial charge in [-0.1, -0.05) is 57.9 Å². The molecule has 0 fully saturated rings. The fourth-order valence-corrected chi connectivity index (χ4v) is 2.34. The van der Waals surface area contributed by atoms with Crippen LogP contribution in [0.5, 0.6) is 0 Å². The standard InChI is InChI=1S/C17H31NO4/c1-3-16(19)18(22-2)15-13-11-9-7-5-4-6-8-10-12-14-17(20)21/h3H,1,4-15H2,2H3,(H,20,21). The van der Waals surface area contributed by atoms with Gasteiger partial charge in [-0.15, -0.1) is 0 Å². The fourth-order valence-electron chi connectivity index (χ4n) is 2.34. The van der Waals surface area contributed by atoms with E-state index < -0.39 is 5.97 Å². The summed E-state index contributed by atoms with van der Waals surface area (Å²) in [7, 11) is 1.50. The van der Waals surface area contributed by atoms with Crippen molar-refractivity contribution < 1.29 is 19.5 Å². The highest BCUT2D eigenvalue weighted by Crippen LogP contribution is 2.11. The first-order chi connectivity index (χ1) is 10.6. The molecule has 0 radical (unpaired) electrons. The number of carboxylic acids is 1. The van der Waals surface area contributed by atoms with Crippen molar-refractivity contribution in [3.05, 3.63) is 12.7 Å². The van der Waals surface area contributed by atoms with Crippen LogP contribution < -0.4 is 0 Å². The molecule has 0 aliphatic rings. The van der Waals surface area contributed by atoms with Crippen LogP contribution >= 0.6 is 0 Å². The minimum absolute atomic E-state index is 0.189. The maximum atomic E-state index is 11.3.